The Morgan fingerprint density at radius 2 is 2.20 bits per heavy atom. The summed E-state index contributed by atoms with van der Waals surface area (Å²) >= 11 is 0. The smallest absolute Gasteiger partial charge is 0.414 e. The lowest BCUT2D eigenvalue weighted by Gasteiger charge is -2.31. The molecular weight excluding hydrogens is 254 g/mol. The third-order valence-corrected chi connectivity index (χ3v) is 3.19. The van der Waals surface area contributed by atoms with Crippen LogP contribution in [0.25, 0.3) is 0 Å². The number of nitrogens with zero attached hydrogens (tertiary/aromatic N) is 2. The van der Waals surface area contributed by atoms with Gasteiger partial charge in [0.2, 0.25) is 0 Å². The lowest BCUT2D eigenvalue weighted by atomic mass is 10.0. The predicted octanol–water partition coefficient (Wildman–Crippen LogP) is 2.79. The largest absolute Gasteiger partial charge is 0.443 e. The van der Waals surface area contributed by atoms with Crippen molar-refractivity contribution in [2.75, 3.05) is 11.4 Å². The SMILES string of the molecule is CC(N)c1cc2c(cn1)N(C(=O)OC(C)(C)C)CCC2. The number of carbonyl (C=O) groups is 1. The Kier molecular flexibility index (Phi) is 3.99. The van der Waals surface area contributed by atoms with Gasteiger partial charge in [0.05, 0.1) is 17.6 Å². The summed E-state index contributed by atoms with van der Waals surface area (Å²) in [5.74, 6) is 0. The van der Waals surface area contributed by atoms with Crippen molar-refractivity contribution in [3.63, 3.8) is 0 Å². The molecule has 110 valence electrons. The number of hydrogen-bond acceptors (Lipinski definition) is 4. The van der Waals surface area contributed by atoms with Gasteiger partial charge >= 0.3 is 6.09 Å². The van der Waals surface area contributed by atoms with Crippen LogP contribution < -0.4 is 10.6 Å². The van der Waals surface area contributed by atoms with Crippen molar-refractivity contribution in [1.82, 2.24) is 4.98 Å². The summed E-state index contributed by atoms with van der Waals surface area (Å²) < 4.78 is 5.45. The maximum atomic E-state index is 12.2. The number of hydrogen-bond donors (Lipinski definition) is 1. The van der Waals surface area contributed by atoms with Gasteiger partial charge in [0, 0.05) is 12.6 Å². The topological polar surface area (TPSA) is 68.5 Å². The predicted molar refractivity (Wildman–Crippen MR) is 78.7 cm³/mol. The molecule has 0 bridgehead atoms. The van der Waals surface area contributed by atoms with Crippen molar-refractivity contribution in [2.45, 2.75) is 52.2 Å². The molecule has 2 rings (SSSR count). The van der Waals surface area contributed by atoms with Crippen molar-refractivity contribution in [2.24, 2.45) is 5.73 Å². The number of aryl methyl sites for hydroxylation is 1. The minimum atomic E-state index is -0.492. The Morgan fingerprint density at radius 3 is 2.80 bits per heavy atom. The summed E-state index contributed by atoms with van der Waals surface area (Å²) in [7, 11) is 0. The third-order valence-electron chi connectivity index (χ3n) is 3.19. The van der Waals surface area contributed by atoms with Crippen LogP contribution in [0.4, 0.5) is 10.5 Å². The summed E-state index contributed by atoms with van der Waals surface area (Å²) in [6.07, 6.45) is 3.29. The van der Waals surface area contributed by atoms with Gasteiger partial charge in [0.1, 0.15) is 5.60 Å². The number of pyridine rings is 1. The second-order valence-corrected chi connectivity index (χ2v) is 6.26. The first-order valence-electron chi connectivity index (χ1n) is 7.03. The summed E-state index contributed by atoms with van der Waals surface area (Å²) in [4.78, 5) is 18.3. The van der Waals surface area contributed by atoms with Crippen LogP contribution in [0, 0.1) is 0 Å². The molecule has 0 aromatic carbocycles. The van der Waals surface area contributed by atoms with E-state index in [1.54, 1.807) is 11.1 Å². The van der Waals surface area contributed by atoms with Crippen molar-refractivity contribution in [3.8, 4) is 0 Å². The Hall–Kier alpha value is -1.62. The molecule has 0 aliphatic carbocycles. The highest BCUT2D eigenvalue weighted by molar-refractivity contribution is 5.89. The van der Waals surface area contributed by atoms with Crippen LogP contribution in [0.1, 0.15) is 51.4 Å². The first-order chi connectivity index (χ1) is 9.28. The Labute approximate surface area is 120 Å². The Morgan fingerprint density at radius 1 is 1.50 bits per heavy atom. The van der Waals surface area contributed by atoms with Gasteiger partial charge in [-0.2, -0.15) is 0 Å². The maximum absolute atomic E-state index is 12.2. The second kappa shape index (κ2) is 5.40. The zero-order chi connectivity index (χ0) is 14.9. The molecule has 1 amide bonds. The Bertz CT molecular complexity index is 506. The van der Waals surface area contributed by atoms with Crippen LogP contribution in [-0.2, 0) is 11.2 Å². The molecule has 20 heavy (non-hydrogen) atoms. The van der Waals surface area contributed by atoms with Crippen LogP contribution in [0.3, 0.4) is 0 Å². The summed E-state index contributed by atoms with van der Waals surface area (Å²) in [6.45, 7) is 8.18. The fraction of sp³-hybridized carbons (Fsp3) is 0.600. The zero-order valence-corrected chi connectivity index (χ0v) is 12.6. The van der Waals surface area contributed by atoms with Gasteiger partial charge in [-0.15, -0.1) is 0 Å². The molecule has 5 heteroatoms. The molecule has 0 spiro atoms. The highest BCUT2D eigenvalue weighted by Gasteiger charge is 2.27. The van der Waals surface area contributed by atoms with Gasteiger partial charge in [-0.25, -0.2) is 4.79 Å². The van der Waals surface area contributed by atoms with Gasteiger partial charge in [-0.1, -0.05) is 0 Å². The van der Waals surface area contributed by atoms with Gasteiger partial charge in [-0.05, 0) is 52.2 Å². The molecule has 1 unspecified atom stereocenters. The monoisotopic (exact) mass is 277 g/mol. The van der Waals surface area contributed by atoms with E-state index in [0.29, 0.717) is 6.54 Å². The van der Waals surface area contributed by atoms with E-state index in [4.69, 9.17) is 10.5 Å². The van der Waals surface area contributed by atoms with Crippen molar-refractivity contribution in [3.05, 3.63) is 23.5 Å². The van der Waals surface area contributed by atoms with Gasteiger partial charge in [-0.3, -0.25) is 9.88 Å². The lowest BCUT2D eigenvalue weighted by Crippen LogP contribution is -2.40. The van der Waals surface area contributed by atoms with Crippen molar-refractivity contribution < 1.29 is 9.53 Å². The molecule has 2 heterocycles. The van der Waals surface area contributed by atoms with Crippen LogP contribution in [0.2, 0.25) is 0 Å². The van der Waals surface area contributed by atoms with Gasteiger partial charge < -0.3 is 10.5 Å². The number of rotatable bonds is 1. The quantitative estimate of drug-likeness (QED) is 0.857. The molecule has 1 aliphatic rings. The summed E-state index contributed by atoms with van der Waals surface area (Å²) in [6, 6.07) is 1.90. The standard InChI is InChI=1S/C15H23N3O2/c1-10(16)12-8-11-6-5-7-18(13(11)9-17-12)14(19)20-15(2,3)4/h8-10H,5-7,16H2,1-4H3. The van der Waals surface area contributed by atoms with E-state index in [-0.39, 0.29) is 12.1 Å². The number of fused-ring (bicyclic) bond motifs is 1. The van der Waals surface area contributed by atoms with E-state index in [0.717, 1.165) is 29.8 Å². The summed E-state index contributed by atoms with van der Waals surface area (Å²) in [5.41, 5.74) is 8.18. The second-order valence-electron chi connectivity index (χ2n) is 6.26. The molecule has 0 saturated heterocycles. The van der Waals surface area contributed by atoms with Crippen molar-refractivity contribution >= 4 is 11.8 Å². The number of carbonyl (C=O) groups excluding carboxylic acids is 1. The fourth-order valence-corrected chi connectivity index (χ4v) is 2.26. The molecule has 1 aromatic heterocycles. The number of nitrogens with two attached hydrogens (primary N) is 1. The van der Waals surface area contributed by atoms with E-state index in [9.17, 15) is 4.79 Å². The molecule has 0 fully saturated rings. The van der Waals surface area contributed by atoms with Crippen LogP contribution in [0.5, 0.6) is 0 Å². The molecule has 0 saturated carbocycles. The first-order valence-corrected chi connectivity index (χ1v) is 7.03. The van der Waals surface area contributed by atoms with Gasteiger partial charge in [0.15, 0.2) is 0 Å². The number of ether oxygens (including phenoxy) is 1. The molecule has 5 nitrogen and oxygen atoms in total. The summed E-state index contributed by atoms with van der Waals surface area (Å²) in [5, 5.41) is 0. The normalized spacial score (nSPS) is 16.6. The third kappa shape index (κ3) is 3.28. The highest BCUT2D eigenvalue weighted by Crippen LogP contribution is 2.29. The molecule has 0 radical (unpaired) electrons. The lowest BCUT2D eigenvalue weighted by molar-refractivity contribution is 0.0577. The minimum absolute atomic E-state index is 0.0998. The van der Waals surface area contributed by atoms with E-state index in [2.05, 4.69) is 4.98 Å². The van der Waals surface area contributed by atoms with E-state index < -0.39 is 5.60 Å². The maximum Gasteiger partial charge on any atom is 0.414 e. The number of aromatic nitrogens is 1. The van der Waals surface area contributed by atoms with E-state index in [1.807, 2.05) is 33.8 Å². The highest BCUT2D eigenvalue weighted by atomic mass is 16.6. The zero-order valence-electron chi connectivity index (χ0n) is 12.6. The molecule has 2 N–H and O–H groups in total. The van der Waals surface area contributed by atoms with E-state index in [1.165, 1.54) is 0 Å². The Balaban J connectivity index is 2.27. The first kappa shape index (κ1) is 14.8. The molecule has 1 aliphatic heterocycles. The van der Waals surface area contributed by atoms with Crippen molar-refractivity contribution in [1.29, 1.82) is 0 Å². The van der Waals surface area contributed by atoms with Gasteiger partial charge in [0.25, 0.3) is 0 Å². The van der Waals surface area contributed by atoms with Crippen LogP contribution >= 0.6 is 0 Å². The van der Waals surface area contributed by atoms with E-state index >= 15 is 0 Å². The van der Waals surface area contributed by atoms with Crippen LogP contribution in [0.15, 0.2) is 12.3 Å². The van der Waals surface area contributed by atoms with Crippen LogP contribution in [-0.4, -0.2) is 23.2 Å². The number of amides is 1. The fourth-order valence-electron chi connectivity index (χ4n) is 2.26. The molecule has 1 atom stereocenters. The average Bonchev–Trinajstić information content (AvgIpc) is 2.35. The average molecular weight is 277 g/mol. The molecular formula is C15H23N3O2. The molecule has 1 aromatic rings. The minimum Gasteiger partial charge on any atom is -0.443 e. The number of anilines is 1.